The summed E-state index contributed by atoms with van der Waals surface area (Å²) in [5.74, 6) is 0.528. The number of hydrogen-bond acceptors (Lipinski definition) is 5. The first-order valence-corrected chi connectivity index (χ1v) is 12.4. The summed E-state index contributed by atoms with van der Waals surface area (Å²) < 4.78 is 33.0. The molecule has 1 saturated heterocycles. The second-order valence-electron chi connectivity index (χ2n) is 8.21. The Labute approximate surface area is 189 Å². The zero-order valence-electron chi connectivity index (χ0n) is 17.9. The molecule has 1 heterocycles. The van der Waals surface area contributed by atoms with Crippen molar-refractivity contribution in [1.29, 1.82) is 5.26 Å². The number of nitrogens with zero attached hydrogens (tertiary/aromatic N) is 2. The lowest BCUT2D eigenvalue weighted by atomic mass is 9.97. The van der Waals surface area contributed by atoms with Crippen LogP contribution in [0.4, 0.5) is 0 Å². The molecule has 4 rings (SSSR count). The standard InChI is InChI=1S/C24H27N3O4S/c25-17-21-4-1-2-7-23(21)32(29,30)27-13-10-19(11-14-27)24(28)26-12-15-31-22-9-8-18-5-3-6-20(18)16-22/h1-2,4,7-9,16,19H,3,5-6,10-15H2,(H,26,28). The van der Waals surface area contributed by atoms with Gasteiger partial charge in [-0.1, -0.05) is 18.2 Å². The largest absolute Gasteiger partial charge is 0.492 e. The first-order chi connectivity index (χ1) is 15.5. The number of carbonyl (C=O) groups excluding carboxylic acids is 1. The van der Waals surface area contributed by atoms with E-state index in [9.17, 15) is 18.5 Å². The predicted octanol–water partition coefficient (Wildman–Crippen LogP) is 2.64. The Balaban J connectivity index is 1.23. The van der Waals surface area contributed by atoms with E-state index in [0.29, 0.717) is 26.0 Å². The van der Waals surface area contributed by atoms with Gasteiger partial charge in [0.2, 0.25) is 15.9 Å². The van der Waals surface area contributed by atoms with E-state index in [1.54, 1.807) is 12.1 Å². The number of piperidine rings is 1. The Morgan fingerprint density at radius 1 is 1.12 bits per heavy atom. The molecule has 0 unspecified atom stereocenters. The smallest absolute Gasteiger partial charge is 0.244 e. The van der Waals surface area contributed by atoms with E-state index in [2.05, 4.69) is 17.4 Å². The monoisotopic (exact) mass is 453 g/mol. The van der Waals surface area contributed by atoms with Crippen molar-refractivity contribution in [3.8, 4) is 11.8 Å². The number of nitriles is 1. The van der Waals surface area contributed by atoms with Gasteiger partial charge < -0.3 is 10.1 Å². The number of aryl methyl sites for hydroxylation is 2. The van der Waals surface area contributed by atoms with E-state index in [0.717, 1.165) is 18.6 Å². The second-order valence-corrected chi connectivity index (χ2v) is 10.1. The van der Waals surface area contributed by atoms with Crippen LogP contribution in [-0.2, 0) is 27.7 Å². The molecular formula is C24H27N3O4S. The molecule has 1 aliphatic heterocycles. The molecule has 0 saturated carbocycles. The molecule has 1 N–H and O–H groups in total. The van der Waals surface area contributed by atoms with E-state index in [-0.39, 0.29) is 35.4 Å². The van der Waals surface area contributed by atoms with Gasteiger partial charge >= 0.3 is 0 Å². The maximum Gasteiger partial charge on any atom is 0.244 e. The topological polar surface area (TPSA) is 99.5 Å². The summed E-state index contributed by atoms with van der Waals surface area (Å²) in [6.45, 7) is 1.31. The van der Waals surface area contributed by atoms with Crippen molar-refractivity contribution in [1.82, 2.24) is 9.62 Å². The normalized spacial score (nSPS) is 16.8. The third-order valence-electron chi connectivity index (χ3n) is 6.19. The molecule has 8 heteroatoms. The molecule has 168 valence electrons. The average molecular weight is 454 g/mol. The van der Waals surface area contributed by atoms with E-state index in [1.165, 1.54) is 34.0 Å². The van der Waals surface area contributed by atoms with E-state index in [1.807, 2.05) is 12.1 Å². The molecule has 0 atom stereocenters. The van der Waals surface area contributed by atoms with Crippen molar-refractivity contribution in [3.63, 3.8) is 0 Å². The van der Waals surface area contributed by atoms with Crippen LogP contribution in [0.5, 0.6) is 5.75 Å². The molecule has 1 aliphatic carbocycles. The van der Waals surface area contributed by atoms with Crippen molar-refractivity contribution < 1.29 is 17.9 Å². The highest BCUT2D eigenvalue weighted by molar-refractivity contribution is 7.89. The highest BCUT2D eigenvalue weighted by Gasteiger charge is 2.33. The lowest BCUT2D eigenvalue weighted by Crippen LogP contribution is -2.43. The lowest BCUT2D eigenvalue weighted by molar-refractivity contribution is -0.126. The lowest BCUT2D eigenvalue weighted by Gasteiger charge is -2.30. The number of amides is 1. The Morgan fingerprint density at radius 2 is 1.88 bits per heavy atom. The van der Waals surface area contributed by atoms with Crippen LogP contribution in [0.15, 0.2) is 47.4 Å². The molecule has 0 aromatic heterocycles. The Morgan fingerprint density at radius 3 is 2.66 bits per heavy atom. The van der Waals surface area contributed by atoms with Gasteiger partial charge in [-0.15, -0.1) is 0 Å². The Kier molecular flexibility index (Phi) is 6.77. The summed E-state index contributed by atoms with van der Waals surface area (Å²) in [6, 6.07) is 14.3. The van der Waals surface area contributed by atoms with Crippen LogP contribution in [0.3, 0.4) is 0 Å². The average Bonchev–Trinajstić information content (AvgIpc) is 3.29. The number of fused-ring (bicyclic) bond motifs is 1. The van der Waals surface area contributed by atoms with Crippen LogP contribution in [0.1, 0.15) is 36.0 Å². The minimum atomic E-state index is -3.75. The molecule has 0 radical (unpaired) electrons. The zero-order valence-corrected chi connectivity index (χ0v) is 18.7. The van der Waals surface area contributed by atoms with Gasteiger partial charge in [0.05, 0.1) is 17.0 Å². The van der Waals surface area contributed by atoms with Gasteiger partial charge in [0, 0.05) is 19.0 Å². The van der Waals surface area contributed by atoms with Gasteiger partial charge in [-0.05, 0) is 67.5 Å². The fourth-order valence-corrected chi connectivity index (χ4v) is 6.02. The van der Waals surface area contributed by atoms with Crippen LogP contribution in [-0.4, -0.2) is 44.9 Å². The van der Waals surface area contributed by atoms with Crippen LogP contribution >= 0.6 is 0 Å². The van der Waals surface area contributed by atoms with Crippen molar-refractivity contribution in [2.24, 2.45) is 5.92 Å². The molecular weight excluding hydrogens is 426 g/mol. The van der Waals surface area contributed by atoms with Gasteiger partial charge in [-0.2, -0.15) is 9.57 Å². The first kappa shape index (κ1) is 22.3. The van der Waals surface area contributed by atoms with Crippen molar-refractivity contribution in [2.45, 2.75) is 37.0 Å². The third-order valence-corrected chi connectivity index (χ3v) is 8.15. The maximum atomic E-state index is 12.9. The van der Waals surface area contributed by atoms with Crippen molar-refractivity contribution in [2.75, 3.05) is 26.2 Å². The molecule has 2 aliphatic rings. The summed E-state index contributed by atoms with van der Waals surface area (Å²) in [4.78, 5) is 12.5. The molecule has 1 amide bonds. The molecule has 0 spiro atoms. The molecule has 0 bridgehead atoms. The Hall–Kier alpha value is -2.89. The van der Waals surface area contributed by atoms with Crippen molar-refractivity contribution in [3.05, 3.63) is 59.2 Å². The van der Waals surface area contributed by atoms with Crippen LogP contribution in [0.25, 0.3) is 0 Å². The number of hydrogen-bond donors (Lipinski definition) is 1. The van der Waals surface area contributed by atoms with Gasteiger partial charge in [0.15, 0.2) is 0 Å². The number of ether oxygens (including phenoxy) is 1. The second kappa shape index (κ2) is 9.72. The minimum Gasteiger partial charge on any atom is -0.492 e. The zero-order chi connectivity index (χ0) is 22.6. The van der Waals surface area contributed by atoms with E-state index < -0.39 is 10.0 Å². The molecule has 1 fully saturated rings. The van der Waals surface area contributed by atoms with Gasteiger partial charge in [-0.25, -0.2) is 8.42 Å². The third kappa shape index (κ3) is 4.79. The van der Waals surface area contributed by atoms with Crippen LogP contribution in [0, 0.1) is 17.2 Å². The van der Waals surface area contributed by atoms with Crippen LogP contribution < -0.4 is 10.1 Å². The highest BCUT2D eigenvalue weighted by atomic mass is 32.2. The summed E-state index contributed by atoms with van der Waals surface area (Å²) in [7, 11) is -3.75. The molecule has 2 aromatic rings. The first-order valence-electron chi connectivity index (χ1n) is 11.0. The fourth-order valence-electron chi connectivity index (χ4n) is 4.41. The number of rotatable bonds is 7. The number of sulfonamides is 1. The Bertz CT molecular complexity index is 1130. The summed E-state index contributed by atoms with van der Waals surface area (Å²) in [5, 5.41) is 12.1. The highest BCUT2D eigenvalue weighted by Crippen LogP contribution is 2.27. The number of carbonyl (C=O) groups is 1. The number of benzene rings is 2. The van der Waals surface area contributed by atoms with E-state index >= 15 is 0 Å². The van der Waals surface area contributed by atoms with Gasteiger partial charge in [0.25, 0.3) is 0 Å². The maximum absolute atomic E-state index is 12.9. The molecule has 2 aromatic carbocycles. The summed E-state index contributed by atoms with van der Waals surface area (Å²) in [6.07, 6.45) is 4.33. The SMILES string of the molecule is N#Cc1ccccc1S(=O)(=O)N1CCC(C(=O)NCCOc2ccc3c(c2)CCC3)CC1. The van der Waals surface area contributed by atoms with E-state index in [4.69, 9.17) is 4.74 Å². The minimum absolute atomic E-state index is 0.0223. The fraction of sp³-hybridized carbons (Fsp3) is 0.417. The van der Waals surface area contributed by atoms with Gasteiger partial charge in [-0.3, -0.25) is 4.79 Å². The molecule has 7 nitrogen and oxygen atoms in total. The van der Waals surface area contributed by atoms with Gasteiger partial charge in [0.1, 0.15) is 18.4 Å². The predicted molar refractivity (Wildman–Crippen MR) is 120 cm³/mol. The summed E-state index contributed by atoms with van der Waals surface area (Å²) >= 11 is 0. The van der Waals surface area contributed by atoms with Crippen molar-refractivity contribution >= 4 is 15.9 Å². The quantitative estimate of drug-likeness (QED) is 0.650. The van der Waals surface area contributed by atoms with Crippen LogP contribution in [0.2, 0.25) is 0 Å². The summed E-state index contributed by atoms with van der Waals surface area (Å²) in [5.41, 5.74) is 2.89. The number of nitrogens with one attached hydrogen (secondary N) is 1. The molecule has 32 heavy (non-hydrogen) atoms.